The van der Waals surface area contributed by atoms with Gasteiger partial charge in [-0.15, -0.1) is 0 Å². The smallest absolute Gasteiger partial charge is 0.374 e. The fourth-order valence-electron chi connectivity index (χ4n) is 1.68. The van der Waals surface area contributed by atoms with Crippen LogP contribution in [0.5, 0.6) is 0 Å². The van der Waals surface area contributed by atoms with Crippen LogP contribution in [0.1, 0.15) is 16.1 Å². The number of halogens is 1. The Kier molecular flexibility index (Phi) is 5.16. The summed E-state index contributed by atoms with van der Waals surface area (Å²) in [4.78, 5) is 25.0. The van der Waals surface area contributed by atoms with E-state index in [9.17, 15) is 9.59 Å². The van der Waals surface area contributed by atoms with Crippen molar-refractivity contribution in [3.8, 4) is 0 Å². The monoisotopic (exact) mass is 351 g/mol. The summed E-state index contributed by atoms with van der Waals surface area (Å²) in [5, 5.41) is 0. The number of amides is 1. The van der Waals surface area contributed by atoms with Gasteiger partial charge in [0.1, 0.15) is 0 Å². The largest absolute Gasteiger partial charge is 0.450 e. The summed E-state index contributed by atoms with van der Waals surface area (Å²) in [6, 6.07) is 12.6. The van der Waals surface area contributed by atoms with Gasteiger partial charge in [-0.1, -0.05) is 30.3 Å². The molecule has 2 aromatic rings. The average molecular weight is 352 g/mol. The molecule has 0 bridgehead atoms. The maximum absolute atomic E-state index is 11.9. The normalized spacial score (nSPS) is 10.2. The van der Waals surface area contributed by atoms with Crippen molar-refractivity contribution in [3.63, 3.8) is 0 Å². The molecule has 1 aromatic carbocycles. The van der Waals surface area contributed by atoms with E-state index in [2.05, 4.69) is 15.9 Å². The zero-order valence-electron chi connectivity index (χ0n) is 11.4. The summed E-state index contributed by atoms with van der Waals surface area (Å²) < 4.78 is 10.4. The van der Waals surface area contributed by atoms with Gasteiger partial charge in [-0.3, -0.25) is 4.79 Å². The quantitative estimate of drug-likeness (QED) is 0.777. The lowest BCUT2D eigenvalue weighted by atomic mass is 10.2. The predicted molar refractivity (Wildman–Crippen MR) is 79.6 cm³/mol. The zero-order valence-corrected chi connectivity index (χ0v) is 13.0. The zero-order chi connectivity index (χ0) is 15.2. The number of carbonyl (C=O) groups excluding carboxylic acids is 2. The number of carbonyl (C=O) groups is 2. The van der Waals surface area contributed by atoms with Crippen LogP contribution in [0.3, 0.4) is 0 Å². The van der Waals surface area contributed by atoms with Gasteiger partial charge in [-0.25, -0.2) is 4.79 Å². The molecule has 0 aliphatic carbocycles. The highest BCUT2D eigenvalue weighted by Gasteiger charge is 2.16. The molecule has 0 N–H and O–H groups in total. The molecule has 0 aliphatic heterocycles. The van der Waals surface area contributed by atoms with Gasteiger partial charge in [0.25, 0.3) is 5.91 Å². The van der Waals surface area contributed by atoms with Crippen LogP contribution in [-0.2, 0) is 16.1 Å². The predicted octanol–water partition coefficient (Wildman–Crippen LogP) is 2.86. The molecule has 6 heteroatoms. The number of rotatable bonds is 5. The van der Waals surface area contributed by atoms with Crippen molar-refractivity contribution in [1.29, 1.82) is 0 Å². The van der Waals surface area contributed by atoms with Crippen LogP contribution >= 0.6 is 15.9 Å². The molecule has 0 fully saturated rings. The molecule has 5 nitrogen and oxygen atoms in total. The maximum Gasteiger partial charge on any atom is 0.374 e. The standard InChI is InChI=1S/C15H14BrNO4/c1-17(9-11-5-3-2-4-6-11)14(18)10-20-15(19)12-7-8-13(16)21-12/h2-8H,9-10H2,1H3. The minimum atomic E-state index is -0.665. The molecule has 0 radical (unpaired) electrons. The van der Waals surface area contributed by atoms with E-state index < -0.39 is 5.97 Å². The van der Waals surface area contributed by atoms with Gasteiger partial charge >= 0.3 is 5.97 Å². The van der Waals surface area contributed by atoms with Gasteiger partial charge in [0.05, 0.1) is 0 Å². The van der Waals surface area contributed by atoms with Crippen LogP contribution in [0.15, 0.2) is 51.6 Å². The Bertz CT molecular complexity index is 624. The van der Waals surface area contributed by atoms with E-state index in [1.807, 2.05) is 30.3 Å². The number of likely N-dealkylation sites (N-methyl/N-ethyl adjacent to an activating group) is 1. The van der Waals surface area contributed by atoms with Gasteiger partial charge in [0.15, 0.2) is 11.3 Å². The molecule has 0 saturated carbocycles. The SMILES string of the molecule is CN(Cc1ccccc1)C(=O)COC(=O)c1ccc(Br)o1. The number of ether oxygens (including phenoxy) is 1. The fraction of sp³-hybridized carbons (Fsp3) is 0.200. The van der Waals surface area contributed by atoms with Gasteiger partial charge < -0.3 is 14.1 Å². The Morgan fingerprint density at radius 3 is 2.52 bits per heavy atom. The van der Waals surface area contributed by atoms with Gasteiger partial charge in [0.2, 0.25) is 5.76 Å². The molecule has 1 heterocycles. The van der Waals surface area contributed by atoms with Crippen molar-refractivity contribution in [2.24, 2.45) is 0 Å². The molecule has 0 atom stereocenters. The van der Waals surface area contributed by atoms with Crippen molar-refractivity contribution >= 4 is 27.8 Å². The second-order valence-corrected chi connectivity index (χ2v) is 5.20. The fourth-order valence-corrected chi connectivity index (χ4v) is 1.98. The van der Waals surface area contributed by atoms with Gasteiger partial charge in [-0.05, 0) is 33.6 Å². The third kappa shape index (κ3) is 4.46. The highest BCUT2D eigenvalue weighted by Crippen LogP contribution is 2.14. The summed E-state index contributed by atoms with van der Waals surface area (Å²) in [7, 11) is 1.66. The Labute approximate surface area is 130 Å². The minimum Gasteiger partial charge on any atom is -0.450 e. The highest BCUT2D eigenvalue weighted by atomic mass is 79.9. The van der Waals surface area contributed by atoms with Crippen LogP contribution in [0.2, 0.25) is 0 Å². The first-order valence-corrected chi connectivity index (χ1v) is 7.06. The third-order valence-electron chi connectivity index (χ3n) is 2.79. The van der Waals surface area contributed by atoms with E-state index >= 15 is 0 Å². The minimum absolute atomic E-state index is 0.0559. The van der Waals surface area contributed by atoms with E-state index in [4.69, 9.17) is 9.15 Å². The molecular weight excluding hydrogens is 338 g/mol. The van der Waals surface area contributed by atoms with Crippen LogP contribution in [0.4, 0.5) is 0 Å². The Morgan fingerprint density at radius 2 is 1.90 bits per heavy atom. The topological polar surface area (TPSA) is 59.8 Å². The first kappa shape index (κ1) is 15.3. The second kappa shape index (κ2) is 7.08. The summed E-state index contributed by atoms with van der Waals surface area (Å²) in [6.45, 7) is 0.143. The second-order valence-electron chi connectivity index (χ2n) is 4.42. The van der Waals surface area contributed by atoms with E-state index in [0.717, 1.165) is 5.56 Å². The molecule has 0 aliphatic rings. The first-order chi connectivity index (χ1) is 10.1. The molecule has 0 saturated heterocycles. The number of hydrogen-bond donors (Lipinski definition) is 0. The lowest BCUT2D eigenvalue weighted by molar-refractivity contribution is -0.133. The average Bonchev–Trinajstić information content (AvgIpc) is 2.92. The number of benzene rings is 1. The summed E-state index contributed by atoms with van der Waals surface area (Å²) in [5.74, 6) is -0.889. The molecule has 0 spiro atoms. The highest BCUT2D eigenvalue weighted by molar-refractivity contribution is 9.10. The van der Waals surface area contributed by atoms with Gasteiger partial charge in [-0.2, -0.15) is 0 Å². The van der Waals surface area contributed by atoms with Crippen molar-refractivity contribution in [1.82, 2.24) is 4.90 Å². The lowest BCUT2D eigenvalue weighted by Crippen LogP contribution is -2.30. The van der Waals surface area contributed by atoms with Crippen LogP contribution in [-0.4, -0.2) is 30.4 Å². The molecule has 1 aromatic heterocycles. The molecule has 0 unspecified atom stereocenters. The summed E-state index contributed by atoms with van der Waals surface area (Å²) in [5.41, 5.74) is 1.01. The molecule has 21 heavy (non-hydrogen) atoms. The van der Waals surface area contributed by atoms with Crippen LogP contribution < -0.4 is 0 Å². The first-order valence-electron chi connectivity index (χ1n) is 6.26. The van der Waals surface area contributed by atoms with Crippen molar-refractivity contribution in [2.75, 3.05) is 13.7 Å². The summed E-state index contributed by atoms with van der Waals surface area (Å²) in [6.07, 6.45) is 0. The van der Waals surface area contributed by atoms with Crippen LogP contribution in [0.25, 0.3) is 0 Å². The van der Waals surface area contributed by atoms with Gasteiger partial charge in [0, 0.05) is 13.6 Å². The number of nitrogens with zero attached hydrogens (tertiary/aromatic N) is 1. The number of esters is 1. The number of hydrogen-bond acceptors (Lipinski definition) is 4. The van der Waals surface area contributed by atoms with Crippen molar-refractivity contribution in [3.05, 3.63) is 58.5 Å². The van der Waals surface area contributed by atoms with E-state index in [1.54, 1.807) is 13.1 Å². The Balaban J connectivity index is 1.82. The van der Waals surface area contributed by atoms with Crippen molar-refractivity contribution in [2.45, 2.75) is 6.54 Å². The third-order valence-corrected chi connectivity index (χ3v) is 3.22. The summed E-state index contributed by atoms with van der Waals surface area (Å²) >= 11 is 3.09. The lowest BCUT2D eigenvalue weighted by Gasteiger charge is -2.16. The maximum atomic E-state index is 11.9. The van der Waals surface area contributed by atoms with Crippen LogP contribution in [0, 0.1) is 0 Å². The molecule has 1 amide bonds. The molecule has 2 rings (SSSR count). The molecular formula is C15H14BrNO4. The van der Waals surface area contributed by atoms with E-state index in [0.29, 0.717) is 11.2 Å². The van der Waals surface area contributed by atoms with E-state index in [1.165, 1.54) is 11.0 Å². The number of furan rings is 1. The van der Waals surface area contributed by atoms with Crippen molar-refractivity contribution < 1.29 is 18.7 Å². The Morgan fingerprint density at radius 1 is 1.19 bits per heavy atom. The Hall–Kier alpha value is -2.08. The molecule has 110 valence electrons. The van der Waals surface area contributed by atoms with E-state index in [-0.39, 0.29) is 18.3 Å².